The van der Waals surface area contributed by atoms with Crippen molar-refractivity contribution in [2.24, 2.45) is 0 Å². The third-order valence-corrected chi connectivity index (χ3v) is 7.67. The van der Waals surface area contributed by atoms with Crippen LogP contribution in [0.2, 0.25) is 0 Å². The molecule has 2 amide bonds. The minimum Gasteiger partial charge on any atom is -0.497 e. The Bertz CT molecular complexity index is 1850. The first-order valence-corrected chi connectivity index (χ1v) is 14.2. The number of nitro groups is 1. The number of methoxy groups -OCH3 is 2. The van der Waals surface area contributed by atoms with Crippen molar-refractivity contribution in [1.29, 1.82) is 0 Å². The van der Waals surface area contributed by atoms with E-state index in [9.17, 15) is 24.5 Å². The van der Waals surface area contributed by atoms with Gasteiger partial charge in [0.2, 0.25) is 0 Å². The van der Waals surface area contributed by atoms with Crippen molar-refractivity contribution < 1.29 is 33.5 Å². The van der Waals surface area contributed by atoms with Crippen molar-refractivity contribution in [2.75, 3.05) is 36.8 Å². The number of hydrogen-bond donors (Lipinski definition) is 2. The summed E-state index contributed by atoms with van der Waals surface area (Å²) in [6, 6.07) is 20.8. The van der Waals surface area contributed by atoms with E-state index in [1.807, 2.05) is 12.1 Å². The lowest BCUT2D eigenvalue weighted by molar-refractivity contribution is -0.385. The molecule has 0 saturated carbocycles. The minimum absolute atomic E-state index is 0.0886. The zero-order chi connectivity index (χ0) is 33.2. The highest BCUT2D eigenvalue weighted by molar-refractivity contribution is 6.09. The van der Waals surface area contributed by atoms with Gasteiger partial charge in [0.05, 0.1) is 36.1 Å². The minimum atomic E-state index is -0.869. The first kappa shape index (κ1) is 31.5. The molecule has 5 rings (SSSR count). The van der Waals surface area contributed by atoms with Gasteiger partial charge in [0.25, 0.3) is 17.5 Å². The number of rotatable bonds is 9. The van der Waals surface area contributed by atoms with Gasteiger partial charge in [0, 0.05) is 36.0 Å². The van der Waals surface area contributed by atoms with E-state index in [4.69, 9.17) is 14.2 Å². The summed E-state index contributed by atoms with van der Waals surface area (Å²) >= 11 is 0. The van der Waals surface area contributed by atoms with Crippen LogP contribution < -0.4 is 25.0 Å². The van der Waals surface area contributed by atoms with Gasteiger partial charge in [-0.3, -0.25) is 19.7 Å². The Kier molecular flexibility index (Phi) is 8.63. The summed E-state index contributed by atoms with van der Waals surface area (Å²) in [6.07, 6.45) is 0. The molecule has 1 aliphatic heterocycles. The zero-order valence-corrected chi connectivity index (χ0v) is 25.9. The number of nitro benzene ring substituents is 1. The molecule has 0 fully saturated rings. The molecule has 1 aliphatic rings. The van der Waals surface area contributed by atoms with Crippen LogP contribution >= 0.6 is 0 Å². The summed E-state index contributed by atoms with van der Waals surface area (Å²) in [6.45, 7) is 3.39. The van der Waals surface area contributed by atoms with E-state index in [0.29, 0.717) is 50.8 Å². The Labute approximate surface area is 265 Å². The number of carbonyl (C=O) groups excluding carboxylic acids is 3. The predicted octanol–water partition coefficient (Wildman–Crippen LogP) is 6.06. The van der Waals surface area contributed by atoms with Crippen LogP contribution in [0.25, 0.3) is 11.1 Å². The molecule has 0 spiro atoms. The van der Waals surface area contributed by atoms with Gasteiger partial charge in [-0.05, 0) is 67.9 Å². The fourth-order valence-electron chi connectivity index (χ4n) is 5.39. The van der Waals surface area contributed by atoms with Crippen LogP contribution in [0.15, 0.2) is 78.9 Å². The summed E-state index contributed by atoms with van der Waals surface area (Å²) in [5.41, 5.74) is 2.37. The number of nitrogens with zero attached hydrogens (tertiary/aromatic N) is 2. The molecule has 0 unspecified atom stereocenters. The van der Waals surface area contributed by atoms with Crippen LogP contribution in [0.3, 0.4) is 0 Å². The first-order chi connectivity index (χ1) is 21.9. The molecule has 12 nitrogen and oxygen atoms in total. The van der Waals surface area contributed by atoms with Crippen LogP contribution in [0.4, 0.5) is 22.7 Å². The molecule has 1 heterocycles. The number of amides is 2. The highest BCUT2D eigenvalue weighted by atomic mass is 16.6. The van der Waals surface area contributed by atoms with Crippen LogP contribution in [0.5, 0.6) is 11.5 Å². The van der Waals surface area contributed by atoms with Gasteiger partial charge >= 0.3 is 5.97 Å². The molecule has 0 aliphatic carbocycles. The van der Waals surface area contributed by atoms with Crippen molar-refractivity contribution in [3.8, 4) is 22.6 Å². The number of anilines is 3. The average Bonchev–Trinajstić information content (AvgIpc) is 3.05. The third kappa shape index (κ3) is 6.05. The quantitative estimate of drug-likeness (QED) is 0.129. The van der Waals surface area contributed by atoms with Gasteiger partial charge in [-0.25, -0.2) is 4.79 Å². The van der Waals surface area contributed by atoms with E-state index >= 15 is 0 Å². The highest BCUT2D eigenvalue weighted by Gasteiger charge is 2.39. The number of likely N-dealkylation sites (N-methyl/N-ethyl adjacent to an activating group) is 1. The molecule has 46 heavy (non-hydrogen) atoms. The second kappa shape index (κ2) is 12.6. The van der Waals surface area contributed by atoms with E-state index in [0.717, 1.165) is 0 Å². The molecule has 236 valence electrons. The maximum absolute atomic E-state index is 13.3. The van der Waals surface area contributed by atoms with Gasteiger partial charge < -0.3 is 29.7 Å². The van der Waals surface area contributed by atoms with Crippen LogP contribution in [-0.4, -0.2) is 49.5 Å². The Balaban J connectivity index is 1.53. The molecule has 0 bridgehead atoms. The molecular formula is C34H32N4O8. The number of fused-ring (bicyclic) bond motifs is 1. The van der Waals surface area contributed by atoms with E-state index < -0.39 is 22.3 Å². The van der Waals surface area contributed by atoms with Gasteiger partial charge in [0.1, 0.15) is 29.2 Å². The van der Waals surface area contributed by atoms with Gasteiger partial charge in [-0.1, -0.05) is 18.2 Å². The molecular weight excluding hydrogens is 592 g/mol. The molecule has 0 atom stereocenters. The fraction of sp³-hybridized carbons (Fsp3) is 0.206. The number of carbonyl (C=O) groups is 3. The predicted molar refractivity (Wildman–Crippen MR) is 173 cm³/mol. The van der Waals surface area contributed by atoms with Crippen molar-refractivity contribution in [1.82, 2.24) is 0 Å². The second-order valence-corrected chi connectivity index (χ2v) is 11.1. The number of ether oxygens (including phenoxy) is 3. The summed E-state index contributed by atoms with van der Waals surface area (Å²) < 4.78 is 16.7. The van der Waals surface area contributed by atoms with Crippen molar-refractivity contribution in [3.05, 3.63) is 106 Å². The number of para-hydroxylation sites is 1. The molecule has 4 aromatic rings. The van der Waals surface area contributed by atoms with Crippen molar-refractivity contribution in [3.63, 3.8) is 0 Å². The summed E-state index contributed by atoms with van der Waals surface area (Å²) in [7, 11) is 4.67. The third-order valence-electron chi connectivity index (χ3n) is 7.67. The largest absolute Gasteiger partial charge is 0.497 e. The van der Waals surface area contributed by atoms with Crippen molar-refractivity contribution >= 4 is 40.5 Å². The Hall–Kier alpha value is -5.91. The molecule has 4 aromatic carbocycles. The fourth-order valence-corrected chi connectivity index (χ4v) is 5.39. The normalized spacial score (nSPS) is 13.2. The topological polar surface area (TPSA) is 149 Å². The summed E-state index contributed by atoms with van der Waals surface area (Å²) in [5, 5.41) is 17.4. The van der Waals surface area contributed by atoms with Crippen molar-refractivity contribution in [2.45, 2.75) is 26.0 Å². The number of benzene rings is 4. The Morgan fingerprint density at radius 3 is 2.33 bits per heavy atom. The lowest BCUT2D eigenvalue weighted by Gasteiger charge is -2.39. The average molecular weight is 625 g/mol. The molecule has 0 aromatic heterocycles. The Morgan fingerprint density at radius 2 is 1.65 bits per heavy atom. The highest BCUT2D eigenvalue weighted by Crippen LogP contribution is 2.44. The monoisotopic (exact) mass is 624 g/mol. The van der Waals surface area contributed by atoms with Gasteiger partial charge in [-0.2, -0.15) is 0 Å². The first-order valence-electron chi connectivity index (χ1n) is 14.2. The SMILES string of the molecule is COc1ccc(C(=O)OCc2c(-c3ccc(NC(=O)c4ccccc4[N+](=O)[O-])cc3OC)ccc3c2N(C)C(=O)C(C)(C)N3)cc1. The summed E-state index contributed by atoms with van der Waals surface area (Å²) in [5.74, 6) is -0.445. The Morgan fingerprint density at radius 1 is 0.957 bits per heavy atom. The van der Waals surface area contributed by atoms with Gasteiger partial charge in [0.15, 0.2) is 0 Å². The molecule has 12 heteroatoms. The van der Waals surface area contributed by atoms with E-state index in [-0.39, 0.29) is 23.8 Å². The molecule has 2 N–H and O–H groups in total. The van der Waals surface area contributed by atoms with E-state index in [1.165, 1.54) is 32.4 Å². The zero-order valence-electron chi connectivity index (χ0n) is 25.9. The van der Waals surface area contributed by atoms with Crippen LogP contribution in [0.1, 0.15) is 40.1 Å². The van der Waals surface area contributed by atoms with Crippen LogP contribution in [0, 0.1) is 10.1 Å². The maximum atomic E-state index is 13.3. The standard InChI is InChI=1S/C34H32N4O8/c1-34(2)33(41)37(3)30-26(19-46-32(40)20-10-13-22(44-4)14-11-20)23(16-17-27(30)36-34)24-15-12-21(18-29(24)45-5)35-31(39)25-8-6-7-9-28(25)38(42)43/h6-18,36H,19H2,1-5H3,(H,35,39). The smallest absolute Gasteiger partial charge is 0.338 e. The van der Waals surface area contributed by atoms with E-state index in [2.05, 4.69) is 10.6 Å². The van der Waals surface area contributed by atoms with Crippen LogP contribution in [-0.2, 0) is 16.1 Å². The van der Waals surface area contributed by atoms with Gasteiger partial charge in [-0.15, -0.1) is 0 Å². The summed E-state index contributed by atoms with van der Waals surface area (Å²) in [4.78, 5) is 51.7. The number of esters is 1. The lowest BCUT2D eigenvalue weighted by atomic mass is 9.91. The number of nitrogens with one attached hydrogen (secondary N) is 2. The van der Waals surface area contributed by atoms with E-state index in [1.54, 1.807) is 74.3 Å². The molecule has 0 radical (unpaired) electrons. The second-order valence-electron chi connectivity index (χ2n) is 11.1. The maximum Gasteiger partial charge on any atom is 0.338 e. The molecule has 0 saturated heterocycles. The lowest BCUT2D eigenvalue weighted by Crippen LogP contribution is -2.52. The number of hydrogen-bond acceptors (Lipinski definition) is 9.